The fourth-order valence-electron chi connectivity index (χ4n) is 3.48. The Balaban J connectivity index is 2.01. The number of hydrogen-bond acceptors (Lipinski definition) is 6. The van der Waals surface area contributed by atoms with Crippen LogP contribution >= 0.6 is 11.8 Å². The Morgan fingerprint density at radius 2 is 1.77 bits per heavy atom. The topological polar surface area (TPSA) is 69.3 Å². The summed E-state index contributed by atoms with van der Waals surface area (Å²) < 4.78 is 21.4. The van der Waals surface area contributed by atoms with Gasteiger partial charge < -0.3 is 29.2 Å². The Labute approximate surface area is 214 Å². The molecule has 1 N–H and O–H groups in total. The minimum absolute atomic E-state index is 0.137. The van der Waals surface area contributed by atoms with Gasteiger partial charge in [0, 0.05) is 25.1 Å². The van der Waals surface area contributed by atoms with Crippen molar-refractivity contribution in [3.8, 4) is 11.5 Å². The van der Waals surface area contributed by atoms with Crippen molar-refractivity contribution < 1.29 is 23.7 Å². The Hall–Kier alpha value is -2.42. The number of nitrogens with one attached hydrogen (secondary N) is 1. The summed E-state index contributed by atoms with van der Waals surface area (Å²) in [6.07, 6.45) is 7.70. The maximum absolute atomic E-state index is 13.3. The first kappa shape index (κ1) is 28.8. The van der Waals surface area contributed by atoms with Crippen LogP contribution in [0.15, 0.2) is 47.4 Å². The molecule has 2 aromatic carbocycles. The van der Waals surface area contributed by atoms with Gasteiger partial charge in [-0.25, -0.2) is 4.79 Å². The maximum atomic E-state index is 13.3. The van der Waals surface area contributed by atoms with Crippen molar-refractivity contribution in [2.75, 3.05) is 52.3 Å². The first-order valence-corrected chi connectivity index (χ1v) is 13.4. The van der Waals surface area contributed by atoms with Crippen molar-refractivity contribution in [3.63, 3.8) is 0 Å². The van der Waals surface area contributed by atoms with Crippen molar-refractivity contribution >= 4 is 23.5 Å². The molecule has 0 radical (unpaired) electrons. The van der Waals surface area contributed by atoms with Crippen LogP contribution in [0.3, 0.4) is 0 Å². The van der Waals surface area contributed by atoms with Crippen molar-refractivity contribution in [2.24, 2.45) is 0 Å². The third kappa shape index (κ3) is 10.8. The van der Waals surface area contributed by atoms with Crippen LogP contribution in [0, 0.1) is 0 Å². The molecule has 2 rings (SSSR count). The van der Waals surface area contributed by atoms with Gasteiger partial charge in [-0.05, 0) is 48.6 Å². The Morgan fingerprint density at radius 1 is 1.00 bits per heavy atom. The number of carbonyl (C=O) groups excluding carboxylic acids is 1. The van der Waals surface area contributed by atoms with Crippen molar-refractivity contribution in [3.05, 3.63) is 48.0 Å². The number of amides is 2. The average Bonchev–Trinajstić information content (AvgIpc) is 2.88. The molecule has 8 heteroatoms. The van der Waals surface area contributed by atoms with Gasteiger partial charge in [0.15, 0.2) is 6.79 Å². The number of hydrogen-bond donors (Lipinski definition) is 1. The molecule has 0 fully saturated rings. The van der Waals surface area contributed by atoms with Crippen LogP contribution in [0.25, 0.3) is 0 Å². The Morgan fingerprint density at radius 3 is 2.46 bits per heavy atom. The molecule has 0 saturated heterocycles. The van der Waals surface area contributed by atoms with Gasteiger partial charge in [-0.2, -0.15) is 0 Å². The van der Waals surface area contributed by atoms with Crippen LogP contribution in [0.2, 0.25) is 0 Å². The number of rotatable bonds is 17. The molecule has 0 aliphatic carbocycles. The van der Waals surface area contributed by atoms with Crippen LogP contribution in [0.4, 0.5) is 10.5 Å². The summed E-state index contributed by atoms with van der Waals surface area (Å²) in [6.45, 7) is 4.59. The minimum atomic E-state index is -0.137. The molecule has 0 aromatic heterocycles. The molecule has 2 amide bonds. The van der Waals surface area contributed by atoms with E-state index < -0.39 is 0 Å². The summed E-state index contributed by atoms with van der Waals surface area (Å²) in [5.41, 5.74) is 1.70. The zero-order chi connectivity index (χ0) is 25.3. The summed E-state index contributed by atoms with van der Waals surface area (Å²) >= 11 is 1.63. The fraction of sp³-hybridized carbons (Fsp3) is 0.519. The van der Waals surface area contributed by atoms with Gasteiger partial charge in [0.2, 0.25) is 0 Å². The Kier molecular flexibility index (Phi) is 14.1. The van der Waals surface area contributed by atoms with Gasteiger partial charge in [-0.15, -0.1) is 11.8 Å². The predicted molar refractivity (Wildman–Crippen MR) is 143 cm³/mol. The Bertz CT molecular complexity index is 863. The van der Waals surface area contributed by atoms with E-state index in [1.807, 2.05) is 53.6 Å². The average molecular weight is 505 g/mol. The van der Waals surface area contributed by atoms with Gasteiger partial charge in [0.1, 0.15) is 11.5 Å². The van der Waals surface area contributed by atoms with E-state index in [4.69, 9.17) is 18.9 Å². The summed E-state index contributed by atoms with van der Waals surface area (Å²) in [4.78, 5) is 16.2. The van der Waals surface area contributed by atoms with E-state index in [0.29, 0.717) is 37.7 Å². The standard InChI is InChI=1S/C27H40N2O5S/c1-5-6-7-8-9-16-29(27(30)28-25-15-14-24(35-4)19-26(25)32-3)20-22-10-12-23(13-11-22)34-21-33-18-17-31-2/h10-15,19H,5-9,16-18,20-21H2,1-4H3,(H,28,30). The molecule has 2 aromatic rings. The van der Waals surface area contributed by atoms with E-state index >= 15 is 0 Å². The molecule has 0 atom stereocenters. The van der Waals surface area contributed by atoms with Crippen molar-refractivity contribution in [1.82, 2.24) is 4.90 Å². The van der Waals surface area contributed by atoms with Crippen LogP contribution in [0.5, 0.6) is 11.5 Å². The largest absolute Gasteiger partial charge is 0.495 e. The highest BCUT2D eigenvalue weighted by molar-refractivity contribution is 7.98. The lowest BCUT2D eigenvalue weighted by Gasteiger charge is -2.24. The number of ether oxygens (including phenoxy) is 4. The first-order chi connectivity index (χ1) is 17.1. The molecule has 194 valence electrons. The number of unbranched alkanes of at least 4 members (excludes halogenated alkanes) is 4. The number of urea groups is 1. The van der Waals surface area contributed by atoms with Gasteiger partial charge in [-0.1, -0.05) is 44.7 Å². The normalized spacial score (nSPS) is 10.7. The van der Waals surface area contributed by atoms with Gasteiger partial charge in [0.25, 0.3) is 0 Å². The van der Waals surface area contributed by atoms with Crippen LogP contribution in [-0.2, 0) is 16.0 Å². The molecule has 0 saturated carbocycles. The lowest BCUT2D eigenvalue weighted by molar-refractivity contribution is -0.00847. The first-order valence-electron chi connectivity index (χ1n) is 12.2. The number of benzene rings is 2. The number of thioether (sulfide) groups is 1. The molecule has 0 unspecified atom stereocenters. The molecule has 7 nitrogen and oxygen atoms in total. The predicted octanol–water partition coefficient (Wildman–Crippen LogP) is 6.42. The minimum Gasteiger partial charge on any atom is -0.495 e. The van der Waals surface area contributed by atoms with E-state index in [-0.39, 0.29) is 12.8 Å². The van der Waals surface area contributed by atoms with Crippen molar-refractivity contribution in [2.45, 2.75) is 50.5 Å². The molecular formula is C27H40N2O5S. The molecule has 35 heavy (non-hydrogen) atoms. The van der Waals surface area contributed by atoms with Crippen molar-refractivity contribution in [1.29, 1.82) is 0 Å². The molecule has 0 aliphatic heterocycles. The second kappa shape index (κ2) is 17.1. The van der Waals surface area contributed by atoms with Gasteiger partial charge in [0.05, 0.1) is 26.0 Å². The maximum Gasteiger partial charge on any atom is 0.322 e. The summed E-state index contributed by atoms with van der Waals surface area (Å²) in [5.74, 6) is 1.38. The van der Waals surface area contributed by atoms with Crippen LogP contribution in [0.1, 0.15) is 44.6 Å². The third-order valence-corrected chi connectivity index (χ3v) is 6.23. The molecule has 0 aliphatic rings. The lowest BCUT2D eigenvalue weighted by atomic mass is 10.1. The number of nitrogens with zero attached hydrogens (tertiary/aromatic N) is 1. The highest BCUT2D eigenvalue weighted by Crippen LogP contribution is 2.29. The zero-order valence-electron chi connectivity index (χ0n) is 21.5. The summed E-state index contributed by atoms with van der Waals surface area (Å²) in [6, 6.07) is 13.4. The SMILES string of the molecule is CCCCCCCN(Cc1ccc(OCOCCOC)cc1)C(=O)Nc1ccc(SC)cc1OC. The van der Waals surface area contributed by atoms with Gasteiger partial charge in [-0.3, -0.25) is 0 Å². The summed E-state index contributed by atoms with van der Waals surface area (Å²) in [7, 11) is 3.25. The summed E-state index contributed by atoms with van der Waals surface area (Å²) in [5, 5.41) is 3.04. The second-order valence-electron chi connectivity index (χ2n) is 8.14. The highest BCUT2D eigenvalue weighted by atomic mass is 32.2. The molecule has 0 spiro atoms. The molecular weight excluding hydrogens is 464 g/mol. The lowest BCUT2D eigenvalue weighted by Crippen LogP contribution is -2.35. The van der Waals surface area contributed by atoms with Gasteiger partial charge >= 0.3 is 6.03 Å². The van der Waals surface area contributed by atoms with E-state index in [1.54, 1.807) is 26.0 Å². The van der Waals surface area contributed by atoms with Crippen LogP contribution < -0.4 is 14.8 Å². The fourth-order valence-corrected chi connectivity index (χ4v) is 3.91. The van der Waals surface area contributed by atoms with Crippen LogP contribution in [-0.4, -0.2) is 58.0 Å². The number of carbonyl (C=O) groups is 1. The van der Waals surface area contributed by atoms with E-state index in [9.17, 15) is 4.79 Å². The smallest absolute Gasteiger partial charge is 0.322 e. The quantitative estimate of drug-likeness (QED) is 0.152. The van der Waals surface area contributed by atoms with E-state index in [2.05, 4.69) is 12.2 Å². The number of methoxy groups -OCH3 is 2. The second-order valence-corrected chi connectivity index (χ2v) is 9.02. The zero-order valence-corrected chi connectivity index (χ0v) is 22.3. The number of anilines is 1. The monoisotopic (exact) mass is 504 g/mol. The highest BCUT2D eigenvalue weighted by Gasteiger charge is 2.16. The molecule has 0 bridgehead atoms. The van der Waals surface area contributed by atoms with E-state index in [0.717, 1.165) is 29.1 Å². The van der Waals surface area contributed by atoms with E-state index in [1.165, 1.54) is 19.3 Å². The third-order valence-electron chi connectivity index (χ3n) is 5.51. The molecule has 0 heterocycles.